The van der Waals surface area contributed by atoms with Gasteiger partial charge in [-0.3, -0.25) is 0 Å². The second-order valence-electron chi connectivity index (χ2n) is 3.70. The molecule has 4 heteroatoms. The van der Waals surface area contributed by atoms with Crippen molar-refractivity contribution in [2.75, 3.05) is 6.61 Å². The Kier molecular flexibility index (Phi) is 5.66. The number of rotatable bonds is 6. The molecule has 1 aromatic carbocycles. The minimum absolute atomic E-state index is 0.251. The molecule has 0 amide bonds. The van der Waals surface area contributed by atoms with Crippen LogP contribution in [0.3, 0.4) is 0 Å². The molecule has 0 aromatic heterocycles. The third-order valence-corrected chi connectivity index (χ3v) is 2.33. The predicted octanol–water partition coefficient (Wildman–Crippen LogP) is 1.52. The first-order valence-electron chi connectivity index (χ1n) is 5.65. The van der Waals surface area contributed by atoms with Crippen LogP contribution < -0.4 is 0 Å². The number of carbonyl (C=O) groups excluding carboxylic acids is 1. The number of aliphatic hydroxyl groups excluding tert-OH is 1. The van der Waals surface area contributed by atoms with Crippen LogP contribution in [0.2, 0.25) is 0 Å². The Morgan fingerprint density at radius 1 is 1.35 bits per heavy atom. The molecule has 0 aliphatic rings. The van der Waals surface area contributed by atoms with Crippen molar-refractivity contribution >= 4 is 5.97 Å². The molecule has 0 bridgehead atoms. The van der Waals surface area contributed by atoms with Gasteiger partial charge in [0, 0.05) is 0 Å². The monoisotopic (exact) mass is 238 g/mol. The molecule has 4 nitrogen and oxygen atoms in total. The van der Waals surface area contributed by atoms with Crippen LogP contribution >= 0.6 is 0 Å². The number of hydrogen-bond donors (Lipinski definition) is 1. The van der Waals surface area contributed by atoms with Crippen LogP contribution in [-0.2, 0) is 20.9 Å². The van der Waals surface area contributed by atoms with E-state index in [-0.39, 0.29) is 6.61 Å². The van der Waals surface area contributed by atoms with E-state index < -0.39 is 18.2 Å². The fourth-order valence-electron chi connectivity index (χ4n) is 1.31. The first-order valence-corrected chi connectivity index (χ1v) is 5.65. The zero-order valence-corrected chi connectivity index (χ0v) is 10.1. The molecule has 0 unspecified atom stereocenters. The lowest BCUT2D eigenvalue weighted by Gasteiger charge is -2.18. The maximum Gasteiger partial charge on any atom is 0.337 e. The minimum Gasteiger partial charge on any atom is -0.464 e. The number of carbonyl (C=O) groups is 1. The van der Waals surface area contributed by atoms with Gasteiger partial charge in [-0.1, -0.05) is 30.3 Å². The topological polar surface area (TPSA) is 55.8 Å². The van der Waals surface area contributed by atoms with Gasteiger partial charge in [-0.05, 0) is 19.4 Å². The molecule has 0 heterocycles. The maximum absolute atomic E-state index is 11.2. The van der Waals surface area contributed by atoms with Crippen molar-refractivity contribution in [3.63, 3.8) is 0 Å². The summed E-state index contributed by atoms with van der Waals surface area (Å²) in [6, 6.07) is 9.57. The van der Waals surface area contributed by atoms with Crippen molar-refractivity contribution in [1.29, 1.82) is 0 Å². The van der Waals surface area contributed by atoms with E-state index in [4.69, 9.17) is 9.47 Å². The molecule has 2 atom stereocenters. The Bertz CT molecular complexity index is 337. The fourth-order valence-corrected chi connectivity index (χ4v) is 1.31. The average molecular weight is 238 g/mol. The van der Waals surface area contributed by atoms with Crippen molar-refractivity contribution < 1.29 is 19.4 Å². The summed E-state index contributed by atoms with van der Waals surface area (Å²) < 4.78 is 10.1. The smallest absolute Gasteiger partial charge is 0.337 e. The van der Waals surface area contributed by atoms with Gasteiger partial charge < -0.3 is 14.6 Å². The third kappa shape index (κ3) is 4.54. The van der Waals surface area contributed by atoms with Crippen molar-refractivity contribution in [2.24, 2.45) is 0 Å². The second-order valence-corrected chi connectivity index (χ2v) is 3.70. The van der Waals surface area contributed by atoms with Crippen LogP contribution in [0.25, 0.3) is 0 Å². The Morgan fingerprint density at radius 3 is 2.59 bits per heavy atom. The van der Waals surface area contributed by atoms with Gasteiger partial charge >= 0.3 is 5.97 Å². The quantitative estimate of drug-likeness (QED) is 0.763. The highest BCUT2D eigenvalue weighted by Crippen LogP contribution is 2.07. The van der Waals surface area contributed by atoms with Crippen molar-refractivity contribution in [2.45, 2.75) is 32.7 Å². The average Bonchev–Trinajstić information content (AvgIpc) is 2.36. The molecule has 94 valence electrons. The summed E-state index contributed by atoms with van der Waals surface area (Å²) in [4.78, 5) is 11.2. The lowest BCUT2D eigenvalue weighted by atomic mass is 10.2. The number of hydrogen-bond acceptors (Lipinski definition) is 4. The van der Waals surface area contributed by atoms with E-state index in [2.05, 4.69) is 0 Å². The van der Waals surface area contributed by atoms with Gasteiger partial charge in [-0.25, -0.2) is 4.79 Å². The van der Waals surface area contributed by atoms with Crippen LogP contribution in [0.4, 0.5) is 0 Å². The van der Waals surface area contributed by atoms with E-state index in [0.717, 1.165) is 5.56 Å². The summed E-state index contributed by atoms with van der Waals surface area (Å²) in [6.07, 6.45) is -1.83. The highest BCUT2D eigenvalue weighted by Gasteiger charge is 2.24. The highest BCUT2D eigenvalue weighted by molar-refractivity contribution is 5.74. The molecule has 17 heavy (non-hydrogen) atoms. The van der Waals surface area contributed by atoms with Crippen LogP contribution in [0.15, 0.2) is 30.3 Å². The van der Waals surface area contributed by atoms with Crippen LogP contribution in [-0.4, -0.2) is 29.9 Å². The largest absolute Gasteiger partial charge is 0.464 e. The minimum atomic E-state index is -1.24. The van der Waals surface area contributed by atoms with E-state index in [1.807, 2.05) is 30.3 Å². The zero-order valence-electron chi connectivity index (χ0n) is 10.1. The molecule has 0 spiro atoms. The number of aliphatic hydroxyl groups is 1. The maximum atomic E-state index is 11.2. The second kappa shape index (κ2) is 7.04. The van der Waals surface area contributed by atoms with Crippen molar-refractivity contribution in [3.05, 3.63) is 35.9 Å². The van der Waals surface area contributed by atoms with Gasteiger partial charge in [0.25, 0.3) is 0 Å². The summed E-state index contributed by atoms with van der Waals surface area (Å²) >= 11 is 0. The third-order valence-electron chi connectivity index (χ3n) is 2.33. The molecule has 0 aliphatic heterocycles. The van der Waals surface area contributed by atoms with Gasteiger partial charge in [-0.15, -0.1) is 0 Å². The lowest BCUT2D eigenvalue weighted by Crippen LogP contribution is -2.35. The van der Waals surface area contributed by atoms with Gasteiger partial charge in [0.1, 0.15) is 0 Å². The molecule has 1 rings (SSSR count). The van der Waals surface area contributed by atoms with Crippen LogP contribution in [0, 0.1) is 0 Å². The summed E-state index contributed by atoms with van der Waals surface area (Å²) in [6.45, 7) is 3.95. The molecule has 1 N–H and O–H groups in total. The number of esters is 1. The molecule has 0 radical (unpaired) electrons. The Labute approximate surface area is 101 Å². The van der Waals surface area contributed by atoms with Gasteiger partial charge in [-0.2, -0.15) is 0 Å². The summed E-state index contributed by atoms with van der Waals surface area (Å²) in [5.74, 6) is -0.645. The Morgan fingerprint density at radius 2 is 2.00 bits per heavy atom. The van der Waals surface area contributed by atoms with Gasteiger partial charge in [0.05, 0.1) is 19.3 Å². The Balaban J connectivity index is 2.39. The summed E-state index contributed by atoms with van der Waals surface area (Å²) in [7, 11) is 0. The SMILES string of the molecule is CCOC(=O)[C@H](O)[C@H](C)OCc1ccccc1. The van der Waals surface area contributed by atoms with Gasteiger partial charge in [0.2, 0.25) is 0 Å². The highest BCUT2D eigenvalue weighted by atomic mass is 16.6. The van der Waals surface area contributed by atoms with Gasteiger partial charge in [0.15, 0.2) is 6.10 Å². The summed E-state index contributed by atoms with van der Waals surface area (Å²) in [5.41, 5.74) is 0.996. The first-order chi connectivity index (χ1) is 8.15. The lowest BCUT2D eigenvalue weighted by molar-refractivity contribution is -0.161. The van der Waals surface area contributed by atoms with E-state index >= 15 is 0 Å². The summed E-state index contributed by atoms with van der Waals surface area (Å²) in [5, 5.41) is 9.60. The van der Waals surface area contributed by atoms with E-state index in [1.54, 1.807) is 13.8 Å². The van der Waals surface area contributed by atoms with E-state index in [9.17, 15) is 9.90 Å². The molecule has 0 fully saturated rings. The van der Waals surface area contributed by atoms with Crippen molar-refractivity contribution in [3.8, 4) is 0 Å². The van der Waals surface area contributed by atoms with Crippen LogP contribution in [0.1, 0.15) is 19.4 Å². The molecule has 1 aromatic rings. The van der Waals surface area contributed by atoms with E-state index in [1.165, 1.54) is 0 Å². The van der Waals surface area contributed by atoms with Crippen LogP contribution in [0.5, 0.6) is 0 Å². The molecule has 0 saturated heterocycles. The molecule has 0 saturated carbocycles. The van der Waals surface area contributed by atoms with E-state index in [0.29, 0.717) is 6.61 Å². The molecular formula is C13H18O4. The standard InChI is InChI=1S/C13H18O4/c1-3-16-13(15)12(14)10(2)17-9-11-7-5-4-6-8-11/h4-8,10,12,14H,3,9H2,1-2H3/t10-,12+/m0/s1. The number of ether oxygens (including phenoxy) is 2. The number of benzene rings is 1. The van der Waals surface area contributed by atoms with Crippen molar-refractivity contribution in [1.82, 2.24) is 0 Å². The fraction of sp³-hybridized carbons (Fsp3) is 0.462. The Hall–Kier alpha value is -1.39. The normalized spacial score (nSPS) is 14.1. The molecular weight excluding hydrogens is 220 g/mol. The molecule has 0 aliphatic carbocycles. The first kappa shape index (κ1) is 13.7. The predicted molar refractivity (Wildman–Crippen MR) is 63.3 cm³/mol. The zero-order chi connectivity index (χ0) is 12.7.